The van der Waals surface area contributed by atoms with Crippen molar-refractivity contribution in [3.8, 4) is 66.8 Å². The van der Waals surface area contributed by atoms with E-state index in [0.29, 0.717) is 0 Å². The van der Waals surface area contributed by atoms with E-state index in [0.717, 1.165) is 0 Å². The normalized spacial score (nSPS) is 11.4. The lowest BCUT2D eigenvalue weighted by atomic mass is 9.86. The number of rotatable bonds is 6. The summed E-state index contributed by atoms with van der Waals surface area (Å²) < 4.78 is 0. The smallest absolute Gasteiger partial charge is 0.00926 e. The second-order valence-corrected chi connectivity index (χ2v) is 15.3. The SMILES string of the molecule is c1ccc(-c2cc(-c3ccccc3)cc(-c3ccc4c(c3)cc(-c3cccc5ccccc35)c3cc(-c5cc6ccccc6cc5-c5ccccc5)ccc34)c2)cc1. The van der Waals surface area contributed by atoms with Crippen LogP contribution in [0.4, 0.5) is 0 Å². The highest BCUT2D eigenvalue weighted by atomic mass is 14.2. The summed E-state index contributed by atoms with van der Waals surface area (Å²) in [5.41, 5.74) is 14.6. The van der Waals surface area contributed by atoms with E-state index in [-0.39, 0.29) is 0 Å². The van der Waals surface area contributed by atoms with E-state index in [2.05, 4.69) is 231 Å². The van der Waals surface area contributed by atoms with E-state index < -0.39 is 0 Å². The van der Waals surface area contributed by atoms with Crippen molar-refractivity contribution in [3.63, 3.8) is 0 Å². The zero-order valence-corrected chi connectivity index (χ0v) is 31.9. The Labute approximate surface area is 339 Å². The van der Waals surface area contributed by atoms with Gasteiger partial charge in [0.25, 0.3) is 0 Å². The molecule has 0 N–H and O–H groups in total. The number of benzene rings is 11. The highest BCUT2D eigenvalue weighted by Crippen LogP contribution is 2.43. The Morgan fingerprint density at radius 1 is 0.155 bits per heavy atom. The third-order valence-corrected chi connectivity index (χ3v) is 11.8. The van der Waals surface area contributed by atoms with Crippen LogP contribution in [-0.2, 0) is 0 Å². The maximum Gasteiger partial charge on any atom is -0.00926 e. The van der Waals surface area contributed by atoms with Crippen molar-refractivity contribution in [1.82, 2.24) is 0 Å². The minimum atomic E-state index is 1.20. The maximum absolute atomic E-state index is 2.44. The second kappa shape index (κ2) is 14.2. The molecule has 0 unspecified atom stereocenters. The minimum absolute atomic E-state index is 1.20. The van der Waals surface area contributed by atoms with E-state index >= 15 is 0 Å². The summed E-state index contributed by atoms with van der Waals surface area (Å²) in [7, 11) is 0. The van der Waals surface area contributed by atoms with Gasteiger partial charge in [0.1, 0.15) is 0 Å². The zero-order chi connectivity index (χ0) is 38.4. The number of hydrogen-bond acceptors (Lipinski definition) is 0. The van der Waals surface area contributed by atoms with Crippen LogP contribution in [0.2, 0.25) is 0 Å². The zero-order valence-electron chi connectivity index (χ0n) is 31.9. The standard InChI is InChI=1S/C58H38/c1-4-15-39(16-5-1)47-32-48(40-17-6-2-7-18-40)34-49(33-47)45-27-29-52-50(31-45)38-58(53-26-14-24-41-21-12-13-25-51(41)53)57-37-46(28-30-54(52)57)56-36-44-23-11-10-22-43(44)35-55(56)42-19-8-3-9-20-42/h1-38H. The molecule has 0 bridgehead atoms. The summed E-state index contributed by atoms with van der Waals surface area (Å²) in [6, 6.07) is 84.7. The Balaban J connectivity index is 1.15. The Kier molecular flexibility index (Phi) is 8.26. The van der Waals surface area contributed by atoms with E-state index in [1.54, 1.807) is 0 Å². The van der Waals surface area contributed by atoms with Crippen LogP contribution >= 0.6 is 0 Å². The molecule has 11 aromatic carbocycles. The molecule has 0 aliphatic rings. The van der Waals surface area contributed by atoms with Crippen molar-refractivity contribution in [2.45, 2.75) is 0 Å². The predicted octanol–water partition coefficient (Wildman–Crippen LogP) is 16.3. The van der Waals surface area contributed by atoms with Crippen molar-refractivity contribution in [3.05, 3.63) is 231 Å². The molecule has 0 heteroatoms. The maximum atomic E-state index is 2.44. The molecule has 0 saturated heterocycles. The lowest BCUT2D eigenvalue weighted by Gasteiger charge is -2.17. The summed E-state index contributed by atoms with van der Waals surface area (Å²) in [6.07, 6.45) is 0. The Bertz CT molecular complexity index is 3240. The first kappa shape index (κ1) is 33.8. The molecule has 0 spiro atoms. The summed E-state index contributed by atoms with van der Waals surface area (Å²) in [6.45, 7) is 0. The lowest BCUT2D eigenvalue weighted by molar-refractivity contribution is 1.57. The lowest BCUT2D eigenvalue weighted by Crippen LogP contribution is -1.91. The van der Waals surface area contributed by atoms with Gasteiger partial charge in [0, 0.05) is 0 Å². The molecule has 0 nitrogen and oxygen atoms in total. The van der Waals surface area contributed by atoms with Gasteiger partial charge in [-0.15, -0.1) is 0 Å². The van der Waals surface area contributed by atoms with E-state index in [1.807, 2.05) is 0 Å². The van der Waals surface area contributed by atoms with E-state index in [4.69, 9.17) is 0 Å². The fourth-order valence-electron chi connectivity index (χ4n) is 8.92. The van der Waals surface area contributed by atoms with Gasteiger partial charge in [-0.3, -0.25) is 0 Å². The van der Waals surface area contributed by atoms with Crippen LogP contribution < -0.4 is 0 Å². The molecule has 0 atom stereocenters. The van der Waals surface area contributed by atoms with Gasteiger partial charge in [0.15, 0.2) is 0 Å². The highest BCUT2D eigenvalue weighted by Gasteiger charge is 2.17. The first-order valence-electron chi connectivity index (χ1n) is 20.1. The summed E-state index contributed by atoms with van der Waals surface area (Å²) in [5.74, 6) is 0. The van der Waals surface area contributed by atoms with Gasteiger partial charge in [-0.1, -0.05) is 182 Å². The van der Waals surface area contributed by atoms with Gasteiger partial charge < -0.3 is 0 Å². The Morgan fingerprint density at radius 2 is 0.638 bits per heavy atom. The first-order chi connectivity index (χ1) is 28.7. The largest absolute Gasteiger partial charge is 0.0622 e. The molecule has 11 rings (SSSR count). The molecule has 0 aromatic heterocycles. The van der Waals surface area contributed by atoms with Crippen molar-refractivity contribution >= 4 is 43.1 Å². The molecule has 11 aromatic rings. The van der Waals surface area contributed by atoms with Gasteiger partial charge in [-0.2, -0.15) is 0 Å². The molecule has 270 valence electrons. The third-order valence-electron chi connectivity index (χ3n) is 11.8. The van der Waals surface area contributed by atoms with E-state index in [1.165, 1.54) is 110 Å². The second-order valence-electron chi connectivity index (χ2n) is 15.3. The third kappa shape index (κ3) is 6.04. The fourth-order valence-corrected chi connectivity index (χ4v) is 8.92. The van der Waals surface area contributed by atoms with Crippen LogP contribution in [0.1, 0.15) is 0 Å². The van der Waals surface area contributed by atoms with Crippen molar-refractivity contribution in [2.75, 3.05) is 0 Å². The molecule has 0 aliphatic heterocycles. The summed E-state index contributed by atoms with van der Waals surface area (Å²) in [5, 5.41) is 9.95. The quantitative estimate of drug-likeness (QED) is 0.149. The number of fused-ring (bicyclic) bond motifs is 5. The van der Waals surface area contributed by atoms with Crippen LogP contribution in [-0.4, -0.2) is 0 Å². The van der Waals surface area contributed by atoms with Gasteiger partial charge in [-0.05, 0) is 158 Å². The van der Waals surface area contributed by atoms with Crippen LogP contribution in [0.5, 0.6) is 0 Å². The first-order valence-corrected chi connectivity index (χ1v) is 20.1. The molecule has 58 heavy (non-hydrogen) atoms. The van der Waals surface area contributed by atoms with Gasteiger partial charge in [-0.25, -0.2) is 0 Å². The molecular formula is C58H38. The molecular weight excluding hydrogens is 697 g/mol. The van der Waals surface area contributed by atoms with Crippen LogP contribution in [0.15, 0.2) is 231 Å². The molecule has 0 amide bonds. The summed E-state index contributed by atoms with van der Waals surface area (Å²) >= 11 is 0. The van der Waals surface area contributed by atoms with Crippen molar-refractivity contribution < 1.29 is 0 Å². The molecule has 0 saturated carbocycles. The average molecular weight is 735 g/mol. The van der Waals surface area contributed by atoms with Crippen molar-refractivity contribution in [2.24, 2.45) is 0 Å². The highest BCUT2D eigenvalue weighted by molar-refractivity contribution is 6.18. The summed E-state index contributed by atoms with van der Waals surface area (Å²) in [4.78, 5) is 0. The molecule has 0 fully saturated rings. The van der Waals surface area contributed by atoms with Gasteiger partial charge >= 0.3 is 0 Å². The number of hydrogen-bond donors (Lipinski definition) is 0. The topological polar surface area (TPSA) is 0 Å². The Hall–Kier alpha value is -7.54. The van der Waals surface area contributed by atoms with Gasteiger partial charge in [0.2, 0.25) is 0 Å². The van der Waals surface area contributed by atoms with Gasteiger partial charge in [0.05, 0.1) is 0 Å². The Morgan fingerprint density at radius 3 is 1.29 bits per heavy atom. The predicted molar refractivity (Wildman–Crippen MR) is 249 cm³/mol. The minimum Gasteiger partial charge on any atom is -0.0622 e. The molecule has 0 radical (unpaired) electrons. The van der Waals surface area contributed by atoms with Crippen LogP contribution in [0.3, 0.4) is 0 Å². The fraction of sp³-hybridized carbons (Fsp3) is 0. The molecule has 0 aliphatic carbocycles. The molecule has 0 heterocycles. The van der Waals surface area contributed by atoms with E-state index in [9.17, 15) is 0 Å². The van der Waals surface area contributed by atoms with Crippen LogP contribution in [0, 0.1) is 0 Å². The van der Waals surface area contributed by atoms with Crippen molar-refractivity contribution in [1.29, 1.82) is 0 Å². The monoisotopic (exact) mass is 734 g/mol. The average Bonchev–Trinajstić information content (AvgIpc) is 3.31. The van der Waals surface area contributed by atoms with Crippen LogP contribution in [0.25, 0.3) is 110 Å².